The number of nitrogens with zero attached hydrogens (tertiary/aromatic N) is 1. The van der Waals surface area contributed by atoms with Crippen molar-refractivity contribution >= 4 is 17.6 Å². The molecule has 0 saturated carbocycles. The first kappa shape index (κ1) is 20.6. The van der Waals surface area contributed by atoms with Gasteiger partial charge in [-0.1, -0.05) is 24.3 Å². The van der Waals surface area contributed by atoms with E-state index in [1.165, 1.54) is 7.05 Å². The van der Waals surface area contributed by atoms with Gasteiger partial charge >= 0.3 is 6.18 Å². The number of fused-ring (bicyclic) bond motifs is 1. The van der Waals surface area contributed by atoms with Gasteiger partial charge in [-0.25, -0.2) is 4.39 Å². The van der Waals surface area contributed by atoms with Crippen LogP contribution >= 0.6 is 0 Å². The maximum absolute atomic E-state index is 13.2. The molecule has 29 heavy (non-hydrogen) atoms. The fraction of sp³-hybridized carbons (Fsp3) is 0.300. The quantitative estimate of drug-likeness (QED) is 0.411. The number of para-hydroxylation sites is 1. The fourth-order valence-electron chi connectivity index (χ4n) is 3.27. The molecule has 0 aromatic heterocycles. The Kier molecular flexibility index (Phi) is 6.05. The molecule has 2 aromatic carbocycles. The summed E-state index contributed by atoms with van der Waals surface area (Å²) in [5.41, 5.74) is 0.607. The highest BCUT2D eigenvalue weighted by atomic mass is 19.4. The zero-order valence-electron chi connectivity index (χ0n) is 15.6. The van der Waals surface area contributed by atoms with E-state index in [2.05, 4.69) is 20.9 Å². The molecule has 0 radical (unpaired) electrons. The third-order valence-corrected chi connectivity index (χ3v) is 4.67. The lowest BCUT2D eigenvalue weighted by Gasteiger charge is -2.26. The predicted octanol–water partition coefficient (Wildman–Crippen LogP) is 3.64. The number of aliphatic imine (C=N–C) groups is 1. The SMILES string of the molecule is CN=C(NCc1ccc(F)cc1C(F)(F)F)NCC1CC(=O)Nc2ccccc21. The average molecular weight is 408 g/mol. The molecular formula is C20H20F4N4O. The number of rotatable bonds is 4. The highest BCUT2D eigenvalue weighted by Crippen LogP contribution is 2.33. The topological polar surface area (TPSA) is 65.5 Å². The van der Waals surface area contributed by atoms with E-state index < -0.39 is 17.6 Å². The Morgan fingerprint density at radius 3 is 2.69 bits per heavy atom. The summed E-state index contributed by atoms with van der Waals surface area (Å²) < 4.78 is 52.6. The lowest BCUT2D eigenvalue weighted by atomic mass is 9.90. The van der Waals surface area contributed by atoms with Crippen LogP contribution < -0.4 is 16.0 Å². The Morgan fingerprint density at radius 2 is 1.97 bits per heavy atom. The van der Waals surface area contributed by atoms with E-state index in [-0.39, 0.29) is 36.3 Å². The van der Waals surface area contributed by atoms with Gasteiger partial charge in [0, 0.05) is 38.2 Å². The van der Waals surface area contributed by atoms with E-state index in [4.69, 9.17) is 0 Å². The van der Waals surface area contributed by atoms with Gasteiger partial charge in [0.1, 0.15) is 5.82 Å². The van der Waals surface area contributed by atoms with Crippen LogP contribution in [0.3, 0.4) is 0 Å². The van der Waals surface area contributed by atoms with Crippen LogP contribution in [0.1, 0.15) is 29.0 Å². The lowest BCUT2D eigenvalue weighted by Crippen LogP contribution is -2.40. The van der Waals surface area contributed by atoms with Gasteiger partial charge in [-0.3, -0.25) is 9.79 Å². The Hall–Kier alpha value is -3.10. The van der Waals surface area contributed by atoms with Crippen LogP contribution in [0.2, 0.25) is 0 Å². The highest BCUT2D eigenvalue weighted by Gasteiger charge is 2.33. The molecule has 1 aliphatic heterocycles. The summed E-state index contributed by atoms with van der Waals surface area (Å²) in [7, 11) is 1.49. The Labute approximate surface area is 165 Å². The number of guanidine groups is 1. The molecule has 0 spiro atoms. The molecule has 154 valence electrons. The summed E-state index contributed by atoms with van der Waals surface area (Å²) in [5, 5.41) is 8.67. The highest BCUT2D eigenvalue weighted by molar-refractivity contribution is 5.94. The number of hydrogen-bond acceptors (Lipinski definition) is 2. The normalized spacial score (nSPS) is 16.8. The first-order chi connectivity index (χ1) is 13.8. The Morgan fingerprint density at radius 1 is 1.21 bits per heavy atom. The fourth-order valence-corrected chi connectivity index (χ4v) is 3.27. The van der Waals surface area contributed by atoms with Crippen molar-refractivity contribution in [3.8, 4) is 0 Å². The molecule has 1 unspecified atom stereocenters. The third kappa shape index (κ3) is 5.04. The number of carbonyl (C=O) groups is 1. The predicted molar refractivity (Wildman–Crippen MR) is 102 cm³/mol. The van der Waals surface area contributed by atoms with Gasteiger partial charge in [-0.15, -0.1) is 0 Å². The monoisotopic (exact) mass is 408 g/mol. The molecule has 9 heteroatoms. The summed E-state index contributed by atoms with van der Waals surface area (Å²) in [4.78, 5) is 15.9. The number of anilines is 1. The third-order valence-electron chi connectivity index (χ3n) is 4.67. The number of amides is 1. The molecule has 0 saturated heterocycles. The number of nitrogens with one attached hydrogen (secondary N) is 3. The second kappa shape index (κ2) is 8.50. The van der Waals surface area contributed by atoms with E-state index in [9.17, 15) is 22.4 Å². The van der Waals surface area contributed by atoms with E-state index in [1.807, 2.05) is 24.3 Å². The van der Waals surface area contributed by atoms with E-state index >= 15 is 0 Å². The molecule has 0 bridgehead atoms. The van der Waals surface area contributed by atoms with Crippen molar-refractivity contribution in [3.05, 3.63) is 65.0 Å². The summed E-state index contributed by atoms with van der Waals surface area (Å²) in [6.45, 7) is 0.191. The summed E-state index contributed by atoms with van der Waals surface area (Å²) in [6.07, 6.45) is -4.37. The van der Waals surface area contributed by atoms with Crippen LogP contribution in [0.15, 0.2) is 47.5 Å². The Balaban J connectivity index is 1.65. The van der Waals surface area contributed by atoms with Crippen molar-refractivity contribution in [3.63, 3.8) is 0 Å². The van der Waals surface area contributed by atoms with Gasteiger partial charge in [0.25, 0.3) is 0 Å². The molecule has 3 N–H and O–H groups in total. The summed E-state index contributed by atoms with van der Waals surface area (Å²) >= 11 is 0. The van der Waals surface area contributed by atoms with Gasteiger partial charge in [0.2, 0.25) is 5.91 Å². The van der Waals surface area contributed by atoms with Crippen LogP contribution in [0.5, 0.6) is 0 Å². The largest absolute Gasteiger partial charge is 0.416 e. The minimum atomic E-state index is -4.66. The van der Waals surface area contributed by atoms with Crippen molar-refractivity contribution in [2.24, 2.45) is 4.99 Å². The number of hydrogen-bond donors (Lipinski definition) is 3. The van der Waals surface area contributed by atoms with Crippen molar-refractivity contribution in [2.75, 3.05) is 18.9 Å². The summed E-state index contributed by atoms with van der Waals surface area (Å²) in [6, 6.07) is 10.0. The smallest absolute Gasteiger partial charge is 0.356 e. The van der Waals surface area contributed by atoms with E-state index in [0.717, 1.165) is 23.4 Å². The van der Waals surface area contributed by atoms with Crippen molar-refractivity contribution in [1.29, 1.82) is 0 Å². The molecule has 0 aliphatic carbocycles. The minimum absolute atomic E-state index is 0.0933. The van der Waals surface area contributed by atoms with E-state index in [0.29, 0.717) is 12.6 Å². The standard InChI is InChI=1S/C20H20F4N4O/c1-25-19(26-10-12-6-7-14(21)9-16(12)20(22,23)24)27-11-13-8-18(29)28-17-5-3-2-4-15(13)17/h2-7,9,13H,8,10-11H2,1H3,(H,28,29)(H2,25,26,27). The van der Waals surface area contributed by atoms with Gasteiger partial charge in [0.15, 0.2) is 5.96 Å². The zero-order valence-corrected chi connectivity index (χ0v) is 15.6. The lowest BCUT2D eigenvalue weighted by molar-refractivity contribution is -0.138. The minimum Gasteiger partial charge on any atom is -0.356 e. The number of carbonyl (C=O) groups excluding carboxylic acids is 1. The van der Waals surface area contributed by atoms with Crippen molar-refractivity contribution < 1.29 is 22.4 Å². The molecule has 2 aromatic rings. The number of benzene rings is 2. The van der Waals surface area contributed by atoms with Gasteiger partial charge in [-0.05, 0) is 29.3 Å². The first-order valence-electron chi connectivity index (χ1n) is 8.97. The second-order valence-electron chi connectivity index (χ2n) is 6.64. The summed E-state index contributed by atoms with van der Waals surface area (Å²) in [5.74, 6) is -0.863. The van der Waals surface area contributed by atoms with Gasteiger partial charge < -0.3 is 16.0 Å². The molecule has 5 nitrogen and oxygen atoms in total. The molecule has 1 heterocycles. The molecule has 1 aliphatic rings. The van der Waals surface area contributed by atoms with Gasteiger partial charge in [0.05, 0.1) is 5.56 Å². The first-order valence-corrected chi connectivity index (χ1v) is 8.97. The average Bonchev–Trinajstić information content (AvgIpc) is 2.67. The molecule has 0 fully saturated rings. The molecule has 1 amide bonds. The van der Waals surface area contributed by atoms with Crippen LogP contribution in [0.25, 0.3) is 0 Å². The van der Waals surface area contributed by atoms with Crippen LogP contribution in [-0.4, -0.2) is 25.5 Å². The Bertz CT molecular complexity index is 927. The van der Waals surface area contributed by atoms with E-state index in [1.54, 1.807) is 0 Å². The molecule has 1 atom stereocenters. The number of alkyl halides is 3. The molecule has 3 rings (SSSR count). The van der Waals surface area contributed by atoms with Crippen LogP contribution in [0, 0.1) is 5.82 Å². The van der Waals surface area contributed by atoms with Crippen molar-refractivity contribution in [2.45, 2.75) is 25.1 Å². The van der Waals surface area contributed by atoms with Crippen molar-refractivity contribution in [1.82, 2.24) is 10.6 Å². The number of halogens is 4. The van der Waals surface area contributed by atoms with Crippen LogP contribution in [0.4, 0.5) is 23.2 Å². The second-order valence-corrected chi connectivity index (χ2v) is 6.64. The van der Waals surface area contributed by atoms with Gasteiger partial charge in [-0.2, -0.15) is 13.2 Å². The maximum atomic E-state index is 13.2. The van der Waals surface area contributed by atoms with Crippen LogP contribution in [-0.2, 0) is 17.5 Å². The zero-order chi connectivity index (χ0) is 21.0. The maximum Gasteiger partial charge on any atom is 0.416 e. The molecular weight excluding hydrogens is 388 g/mol.